The Bertz CT molecular complexity index is 1160. The summed E-state index contributed by atoms with van der Waals surface area (Å²) < 4.78 is 7.98. The molecule has 7 nitrogen and oxygen atoms in total. The smallest absolute Gasteiger partial charge is 0.258 e. The van der Waals surface area contributed by atoms with Crippen LogP contribution in [-0.2, 0) is 13.1 Å². The monoisotopic (exact) mass is 425 g/mol. The fourth-order valence-corrected chi connectivity index (χ4v) is 4.47. The molecular formula is C22H24ClN5O2. The summed E-state index contributed by atoms with van der Waals surface area (Å²) in [6.07, 6.45) is 1.09. The summed E-state index contributed by atoms with van der Waals surface area (Å²) in [5.41, 5.74) is 4.87. The van der Waals surface area contributed by atoms with Gasteiger partial charge in [0.1, 0.15) is 11.9 Å². The van der Waals surface area contributed by atoms with Crippen molar-refractivity contribution in [1.82, 2.24) is 24.4 Å². The van der Waals surface area contributed by atoms with Gasteiger partial charge in [0.25, 0.3) is 5.91 Å². The van der Waals surface area contributed by atoms with Crippen LogP contribution in [0, 0.1) is 13.8 Å². The van der Waals surface area contributed by atoms with E-state index in [0.29, 0.717) is 29.4 Å². The highest BCUT2D eigenvalue weighted by molar-refractivity contribution is 6.31. The van der Waals surface area contributed by atoms with Crippen LogP contribution in [0.4, 0.5) is 0 Å². The molecule has 0 bridgehead atoms. The van der Waals surface area contributed by atoms with Crippen molar-refractivity contribution in [2.24, 2.45) is 0 Å². The number of amides is 1. The maximum atomic E-state index is 13.4. The first-order chi connectivity index (χ1) is 14.4. The number of likely N-dealkylation sites (N-methyl/N-ethyl adjacent to an activating group) is 1. The molecule has 0 radical (unpaired) electrons. The summed E-state index contributed by atoms with van der Waals surface area (Å²) in [4.78, 5) is 22.0. The van der Waals surface area contributed by atoms with E-state index >= 15 is 0 Å². The topological polar surface area (TPSA) is 63.0 Å². The van der Waals surface area contributed by atoms with E-state index in [9.17, 15) is 4.79 Å². The number of hydrogen-bond acceptors (Lipinski definition) is 5. The number of nitrogens with zero attached hydrogens (tertiary/aromatic N) is 5. The van der Waals surface area contributed by atoms with Gasteiger partial charge in [0.05, 0.1) is 40.8 Å². The van der Waals surface area contributed by atoms with E-state index in [4.69, 9.17) is 16.3 Å². The lowest BCUT2D eigenvalue weighted by molar-refractivity contribution is 0.0742. The number of aryl methyl sites for hydroxylation is 2. The number of para-hydroxylation sites is 1. The number of ether oxygens (including phenoxy) is 1. The molecule has 30 heavy (non-hydrogen) atoms. The Hall–Kier alpha value is -2.64. The molecule has 0 aliphatic carbocycles. The van der Waals surface area contributed by atoms with Gasteiger partial charge >= 0.3 is 0 Å². The zero-order valence-corrected chi connectivity index (χ0v) is 18.1. The van der Waals surface area contributed by atoms with Gasteiger partial charge in [-0.1, -0.05) is 23.7 Å². The van der Waals surface area contributed by atoms with E-state index < -0.39 is 0 Å². The summed E-state index contributed by atoms with van der Waals surface area (Å²) in [7, 11) is 2.09. The third-order valence-electron chi connectivity index (χ3n) is 6.00. The molecule has 1 unspecified atom stereocenters. The molecule has 2 aliphatic heterocycles. The average Bonchev–Trinajstić information content (AvgIpc) is 3.42. The third kappa shape index (κ3) is 3.13. The molecule has 4 heterocycles. The van der Waals surface area contributed by atoms with E-state index in [2.05, 4.69) is 22.0 Å². The molecule has 1 saturated heterocycles. The Morgan fingerprint density at radius 2 is 2.03 bits per heavy atom. The zero-order chi connectivity index (χ0) is 21.0. The van der Waals surface area contributed by atoms with Crippen molar-refractivity contribution in [3.63, 3.8) is 0 Å². The summed E-state index contributed by atoms with van der Waals surface area (Å²) in [5, 5.41) is 5.30. The van der Waals surface area contributed by atoms with Gasteiger partial charge in [-0.2, -0.15) is 5.10 Å². The van der Waals surface area contributed by atoms with Crippen LogP contribution in [0.3, 0.4) is 0 Å². The minimum Gasteiger partial charge on any atom is -0.488 e. The van der Waals surface area contributed by atoms with Crippen LogP contribution in [0.1, 0.15) is 39.4 Å². The van der Waals surface area contributed by atoms with Crippen molar-refractivity contribution in [2.45, 2.75) is 39.5 Å². The van der Waals surface area contributed by atoms with Crippen LogP contribution in [0.15, 0.2) is 24.3 Å². The fraction of sp³-hybridized carbons (Fsp3) is 0.409. The lowest BCUT2D eigenvalue weighted by atomic mass is 10.1. The number of carbonyl (C=O) groups is 1. The second-order valence-corrected chi connectivity index (χ2v) is 8.58. The molecule has 0 spiro atoms. The lowest BCUT2D eigenvalue weighted by Gasteiger charge is -2.20. The predicted octanol–water partition coefficient (Wildman–Crippen LogP) is 3.24. The first kappa shape index (κ1) is 19.3. The van der Waals surface area contributed by atoms with Crippen molar-refractivity contribution < 1.29 is 9.53 Å². The van der Waals surface area contributed by atoms with Gasteiger partial charge in [0.2, 0.25) is 0 Å². The van der Waals surface area contributed by atoms with Gasteiger partial charge in [-0.05, 0) is 39.4 Å². The molecule has 1 aromatic carbocycles. The maximum absolute atomic E-state index is 13.4. The van der Waals surface area contributed by atoms with Crippen LogP contribution < -0.4 is 4.74 Å². The van der Waals surface area contributed by atoms with Gasteiger partial charge in [-0.3, -0.25) is 4.79 Å². The molecule has 8 heteroatoms. The summed E-state index contributed by atoms with van der Waals surface area (Å²) in [6.45, 7) is 6.64. The van der Waals surface area contributed by atoms with Crippen molar-refractivity contribution in [1.29, 1.82) is 0 Å². The third-order valence-corrected chi connectivity index (χ3v) is 6.55. The highest BCUT2D eigenvalue weighted by Crippen LogP contribution is 2.31. The predicted molar refractivity (Wildman–Crippen MR) is 114 cm³/mol. The first-order valence-electron chi connectivity index (χ1n) is 10.2. The summed E-state index contributed by atoms with van der Waals surface area (Å²) in [5.74, 6) is 0.605. The van der Waals surface area contributed by atoms with Gasteiger partial charge in [0.15, 0.2) is 5.65 Å². The molecule has 0 saturated carbocycles. The van der Waals surface area contributed by atoms with Crippen LogP contribution in [-0.4, -0.2) is 56.5 Å². The van der Waals surface area contributed by atoms with Crippen molar-refractivity contribution >= 4 is 23.2 Å². The van der Waals surface area contributed by atoms with Crippen LogP contribution >= 0.6 is 11.6 Å². The normalized spacial score (nSPS) is 18.9. The fourth-order valence-electron chi connectivity index (χ4n) is 4.34. The van der Waals surface area contributed by atoms with Crippen LogP contribution in [0.25, 0.3) is 5.65 Å². The summed E-state index contributed by atoms with van der Waals surface area (Å²) >= 11 is 6.33. The molecule has 3 aromatic rings. The van der Waals surface area contributed by atoms with Crippen molar-refractivity contribution in [3.05, 3.63) is 57.5 Å². The Balaban J connectivity index is 1.41. The van der Waals surface area contributed by atoms with Gasteiger partial charge in [-0.25, -0.2) is 9.50 Å². The standard InChI is InChI=1S/C22H24ClN5O2/c1-13-20(23)14(2)28-21(24-13)17-11-27(12-18(17)25-28)22(29)16-6-4-5-7-19(16)30-15-8-9-26(3)10-15/h4-7,15H,8-12H2,1-3H3. The van der Waals surface area contributed by atoms with E-state index in [1.165, 1.54) is 0 Å². The van der Waals surface area contributed by atoms with Gasteiger partial charge in [0, 0.05) is 18.7 Å². The Labute approximate surface area is 180 Å². The van der Waals surface area contributed by atoms with E-state index in [-0.39, 0.29) is 12.0 Å². The lowest BCUT2D eigenvalue weighted by Crippen LogP contribution is -2.28. The van der Waals surface area contributed by atoms with E-state index in [1.807, 2.05) is 43.0 Å². The number of halogens is 1. The average molecular weight is 426 g/mol. The molecular weight excluding hydrogens is 402 g/mol. The maximum Gasteiger partial charge on any atom is 0.258 e. The molecule has 1 fully saturated rings. The highest BCUT2D eigenvalue weighted by Gasteiger charge is 2.32. The second kappa shape index (κ2) is 7.25. The van der Waals surface area contributed by atoms with Crippen molar-refractivity contribution in [3.8, 4) is 5.75 Å². The minimum atomic E-state index is -0.0458. The van der Waals surface area contributed by atoms with Crippen LogP contribution in [0.5, 0.6) is 5.75 Å². The highest BCUT2D eigenvalue weighted by atomic mass is 35.5. The molecule has 1 amide bonds. The Morgan fingerprint density at radius 1 is 1.23 bits per heavy atom. The van der Waals surface area contributed by atoms with Crippen molar-refractivity contribution in [2.75, 3.05) is 20.1 Å². The Morgan fingerprint density at radius 3 is 2.80 bits per heavy atom. The quantitative estimate of drug-likeness (QED) is 0.644. The number of benzene rings is 1. The van der Waals surface area contributed by atoms with E-state index in [0.717, 1.165) is 47.8 Å². The number of carbonyl (C=O) groups excluding carboxylic acids is 1. The number of rotatable bonds is 3. The van der Waals surface area contributed by atoms with Gasteiger partial charge < -0.3 is 14.5 Å². The Kier molecular flexibility index (Phi) is 4.67. The van der Waals surface area contributed by atoms with Gasteiger partial charge in [-0.15, -0.1) is 0 Å². The molecule has 0 N–H and O–H groups in total. The zero-order valence-electron chi connectivity index (χ0n) is 17.4. The molecule has 5 rings (SSSR count). The minimum absolute atomic E-state index is 0.0458. The number of fused-ring (bicyclic) bond motifs is 3. The molecule has 2 aromatic heterocycles. The largest absolute Gasteiger partial charge is 0.488 e. The van der Waals surface area contributed by atoms with Crippen LogP contribution in [0.2, 0.25) is 5.02 Å². The number of aromatic nitrogens is 3. The number of likely N-dealkylation sites (tertiary alicyclic amines) is 1. The molecule has 156 valence electrons. The SMILES string of the molecule is Cc1nc2c3c(nn2c(C)c1Cl)CN(C(=O)c1ccccc1OC1CCN(C)C1)C3. The van der Waals surface area contributed by atoms with E-state index in [1.54, 1.807) is 4.52 Å². The molecule has 1 atom stereocenters. The molecule has 2 aliphatic rings. The summed E-state index contributed by atoms with van der Waals surface area (Å²) in [6, 6.07) is 7.51. The first-order valence-corrected chi connectivity index (χ1v) is 10.6. The second-order valence-electron chi connectivity index (χ2n) is 8.21. The number of hydrogen-bond donors (Lipinski definition) is 0.